The van der Waals surface area contributed by atoms with Crippen LogP contribution in [0.2, 0.25) is 0 Å². The molecule has 0 aliphatic rings. The van der Waals surface area contributed by atoms with E-state index >= 15 is 0 Å². The van der Waals surface area contributed by atoms with E-state index in [1.165, 1.54) is 11.1 Å². The summed E-state index contributed by atoms with van der Waals surface area (Å²) in [5, 5.41) is 3.70. The minimum absolute atomic E-state index is 0.135. The number of benzene rings is 1. The van der Waals surface area contributed by atoms with Gasteiger partial charge < -0.3 is 0 Å². The highest BCUT2D eigenvalue weighted by Crippen LogP contribution is 2.31. The van der Waals surface area contributed by atoms with Gasteiger partial charge in [0.1, 0.15) is 5.69 Å². The monoisotopic (exact) mass is 370 g/mol. The number of ketones is 1. The molecule has 1 aromatic carbocycles. The lowest BCUT2D eigenvalue weighted by atomic mass is 10.0. The first-order valence-corrected chi connectivity index (χ1v) is 10.2. The Kier molecular flexibility index (Phi) is 5.76. The van der Waals surface area contributed by atoms with Crippen LogP contribution >= 0.6 is 22.7 Å². The summed E-state index contributed by atoms with van der Waals surface area (Å²) in [6, 6.07) is 8.38. The van der Waals surface area contributed by atoms with Gasteiger partial charge >= 0.3 is 0 Å². The van der Waals surface area contributed by atoms with Gasteiger partial charge in [-0.3, -0.25) is 4.79 Å². The molecular formula is C20H22N2OS2. The number of thiazole rings is 2. The van der Waals surface area contributed by atoms with Crippen LogP contribution in [-0.4, -0.2) is 15.8 Å². The van der Waals surface area contributed by atoms with Crippen molar-refractivity contribution in [3.63, 3.8) is 0 Å². The first kappa shape index (κ1) is 18.0. The van der Waals surface area contributed by atoms with Gasteiger partial charge in [0.2, 0.25) is 0 Å². The molecule has 5 heteroatoms. The number of carbonyl (C=O) groups excluding carboxylic acids is 1. The Labute approximate surface area is 156 Å². The molecule has 130 valence electrons. The Bertz CT molecular complexity index is 833. The van der Waals surface area contributed by atoms with Crippen LogP contribution in [0.25, 0.3) is 10.0 Å². The standard InChI is InChI=1S/C20H22N2OS2/c1-13(2)12-17-18(22-20(25-17)19-21-10-11-24-19)16(23)9-8-15-6-4-14(3)5-7-15/h4-7,10-11,13H,8-9,12H2,1-3H3. The first-order chi connectivity index (χ1) is 12.0. The average molecular weight is 371 g/mol. The van der Waals surface area contributed by atoms with E-state index in [4.69, 9.17) is 0 Å². The highest BCUT2D eigenvalue weighted by Gasteiger charge is 2.20. The number of hydrogen-bond acceptors (Lipinski definition) is 5. The van der Waals surface area contributed by atoms with Gasteiger partial charge in [0.15, 0.2) is 15.8 Å². The molecule has 0 aliphatic carbocycles. The molecule has 25 heavy (non-hydrogen) atoms. The van der Waals surface area contributed by atoms with Gasteiger partial charge in [-0.1, -0.05) is 43.7 Å². The van der Waals surface area contributed by atoms with Crippen molar-refractivity contribution in [3.05, 3.63) is 57.5 Å². The zero-order chi connectivity index (χ0) is 17.8. The lowest BCUT2D eigenvalue weighted by Gasteiger charge is -2.05. The highest BCUT2D eigenvalue weighted by molar-refractivity contribution is 7.20. The lowest BCUT2D eigenvalue weighted by Crippen LogP contribution is -2.06. The van der Waals surface area contributed by atoms with Gasteiger partial charge in [-0.15, -0.1) is 22.7 Å². The van der Waals surface area contributed by atoms with Crippen molar-refractivity contribution >= 4 is 28.5 Å². The molecule has 2 aromatic heterocycles. The van der Waals surface area contributed by atoms with Gasteiger partial charge in [0, 0.05) is 22.9 Å². The van der Waals surface area contributed by atoms with E-state index in [1.54, 1.807) is 28.9 Å². The van der Waals surface area contributed by atoms with E-state index in [1.807, 2.05) is 5.38 Å². The third-order valence-corrected chi connectivity index (χ3v) is 5.93. The van der Waals surface area contributed by atoms with Crippen molar-refractivity contribution in [1.82, 2.24) is 9.97 Å². The maximum absolute atomic E-state index is 12.8. The van der Waals surface area contributed by atoms with Gasteiger partial charge in [-0.05, 0) is 31.2 Å². The minimum Gasteiger partial charge on any atom is -0.292 e. The maximum Gasteiger partial charge on any atom is 0.182 e. The molecule has 0 bridgehead atoms. The predicted octanol–water partition coefficient (Wildman–Crippen LogP) is 5.59. The molecular weight excluding hydrogens is 348 g/mol. The summed E-state index contributed by atoms with van der Waals surface area (Å²) in [7, 11) is 0. The SMILES string of the molecule is Cc1ccc(CCC(=O)c2nc(-c3nccs3)sc2CC(C)C)cc1. The lowest BCUT2D eigenvalue weighted by molar-refractivity contribution is 0.0978. The molecule has 0 saturated heterocycles. The van der Waals surface area contributed by atoms with Crippen molar-refractivity contribution in [3.8, 4) is 10.0 Å². The van der Waals surface area contributed by atoms with Crippen LogP contribution in [0.3, 0.4) is 0 Å². The second-order valence-corrected chi connectivity index (χ2v) is 8.61. The van der Waals surface area contributed by atoms with Gasteiger partial charge in [0.05, 0.1) is 0 Å². The molecule has 2 heterocycles. The van der Waals surface area contributed by atoms with Crippen molar-refractivity contribution in [2.24, 2.45) is 5.92 Å². The molecule has 0 unspecified atom stereocenters. The van der Waals surface area contributed by atoms with Crippen molar-refractivity contribution < 1.29 is 4.79 Å². The second-order valence-electron chi connectivity index (χ2n) is 6.63. The predicted molar refractivity (Wildman–Crippen MR) is 106 cm³/mol. The molecule has 3 rings (SSSR count). The fraction of sp³-hybridized carbons (Fsp3) is 0.350. The van der Waals surface area contributed by atoms with Crippen LogP contribution in [0.15, 0.2) is 35.8 Å². The number of rotatable bonds is 7. The fourth-order valence-electron chi connectivity index (χ4n) is 2.63. The molecule has 0 amide bonds. The molecule has 0 fully saturated rings. The number of Topliss-reactive ketones (excluding diaryl/α,β-unsaturated/α-hetero) is 1. The number of nitrogens with zero attached hydrogens (tertiary/aromatic N) is 2. The molecule has 0 atom stereocenters. The third-order valence-electron chi connectivity index (χ3n) is 3.93. The smallest absolute Gasteiger partial charge is 0.182 e. The third kappa shape index (κ3) is 4.61. The van der Waals surface area contributed by atoms with Crippen LogP contribution < -0.4 is 0 Å². The Morgan fingerprint density at radius 2 is 1.92 bits per heavy atom. The number of aromatic nitrogens is 2. The van der Waals surface area contributed by atoms with Gasteiger partial charge in [-0.2, -0.15) is 0 Å². The number of carbonyl (C=O) groups is 1. The van der Waals surface area contributed by atoms with E-state index in [0.29, 0.717) is 18.0 Å². The van der Waals surface area contributed by atoms with E-state index < -0.39 is 0 Å². The quantitative estimate of drug-likeness (QED) is 0.509. The van der Waals surface area contributed by atoms with Crippen molar-refractivity contribution in [2.45, 2.75) is 40.0 Å². The topological polar surface area (TPSA) is 42.9 Å². The first-order valence-electron chi connectivity index (χ1n) is 8.51. The van der Waals surface area contributed by atoms with Crippen LogP contribution in [0.1, 0.15) is 46.8 Å². The number of hydrogen-bond donors (Lipinski definition) is 0. The minimum atomic E-state index is 0.135. The second kappa shape index (κ2) is 8.02. The maximum atomic E-state index is 12.8. The normalized spacial score (nSPS) is 11.2. The summed E-state index contributed by atoms with van der Waals surface area (Å²) < 4.78 is 0. The zero-order valence-electron chi connectivity index (χ0n) is 14.8. The van der Waals surface area contributed by atoms with E-state index in [-0.39, 0.29) is 5.78 Å². The Hall–Kier alpha value is -1.85. The molecule has 0 N–H and O–H groups in total. The molecule has 0 aliphatic heterocycles. The van der Waals surface area contributed by atoms with Gasteiger partial charge in [0.25, 0.3) is 0 Å². The van der Waals surface area contributed by atoms with E-state index in [2.05, 4.69) is 55.0 Å². The Balaban J connectivity index is 1.78. The molecule has 0 radical (unpaired) electrons. The summed E-state index contributed by atoms with van der Waals surface area (Å²) in [5.74, 6) is 0.628. The summed E-state index contributed by atoms with van der Waals surface area (Å²) >= 11 is 3.18. The van der Waals surface area contributed by atoms with Crippen LogP contribution in [0.4, 0.5) is 0 Å². The van der Waals surface area contributed by atoms with E-state index in [9.17, 15) is 4.79 Å². The Morgan fingerprint density at radius 3 is 2.56 bits per heavy atom. The fourth-order valence-corrected chi connectivity index (χ4v) is 4.60. The molecule has 3 aromatic rings. The van der Waals surface area contributed by atoms with Gasteiger partial charge in [-0.25, -0.2) is 9.97 Å². The van der Waals surface area contributed by atoms with E-state index in [0.717, 1.165) is 27.7 Å². The van der Waals surface area contributed by atoms with Crippen molar-refractivity contribution in [1.29, 1.82) is 0 Å². The van der Waals surface area contributed by atoms with Crippen LogP contribution in [-0.2, 0) is 12.8 Å². The largest absolute Gasteiger partial charge is 0.292 e. The van der Waals surface area contributed by atoms with Crippen LogP contribution in [0.5, 0.6) is 0 Å². The molecule has 0 spiro atoms. The highest BCUT2D eigenvalue weighted by atomic mass is 32.1. The number of aryl methyl sites for hydroxylation is 2. The summed E-state index contributed by atoms with van der Waals surface area (Å²) in [4.78, 5) is 22.9. The average Bonchev–Trinajstić information content (AvgIpc) is 3.23. The summed E-state index contributed by atoms with van der Waals surface area (Å²) in [6.45, 7) is 6.41. The molecule has 0 saturated carbocycles. The zero-order valence-corrected chi connectivity index (χ0v) is 16.4. The van der Waals surface area contributed by atoms with Crippen LogP contribution in [0, 0.1) is 12.8 Å². The van der Waals surface area contributed by atoms with Crippen molar-refractivity contribution in [2.75, 3.05) is 0 Å². The Morgan fingerprint density at radius 1 is 1.16 bits per heavy atom. The summed E-state index contributed by atoms with van der Waals surface area (Å²) in [6.07, 6.45) is 3.91. The molecule has 3 nitrogen and oxygen atoms in total. The summed E-state index contributed by atoms with van der Waals surface area (Å²) in [5.41, 5.74) is 3.08.